The molecule has 17 heavy (non-hydrogen) atoms. The zero-order valence-electron chi connectivity index (χ0n) is 11.3. The summed E-state index contributed by atoms with van der Waals surface area (Å²) in [6.07, 6.45) is 8.63. The van der Waals surface area contributed by atoms with Crippen LogP contribution in [0.3, 0.4) is 0 Å². The molecule has 1 rings (SSSR count). The molecule has 1 aliphatic rings. The van der Waals surface area contributed by atoms with E-state index in [1.54, 1.807) is 0 Å². The fraction of sp³-hybridized carbons (Fsp3) is 0.929. The maximum absolute atomic E-state index is 10.9. The van der Waals surface area contributed by atoms with Gasteiger partial charge in [-0.2, -0.15) is 0 Å². The number of nitrogens with zero attached hydrogens (tertiary/aromatic N) is 1. The first-order valence-electron chi connectivity index (χ1n) is 7.16. The fourth-order valence-corrected chi connectivity index (χ4v) is 3.07. The summed E-state index contributed by atoms with van der Waals surface area (Å²) in [5.74, 6) is -0.645. The lowest BCUT2D eigenvalue weighted by Gasteiger charge is -2.41. The number of piperidine rings is 1. The first-order chi connectivity index (χ1) is 8.19. The van der Waals surface area contributed by atoms with E-state index < -0.39 is 5.97 Å². The van der Waals surface area contributed by atoms with Crippen LogP contribution in [0.1, 0.15) is 65.2 Å². The fourth-order valence-electron chi connectivity index (χ4n) is 3.07. The van der Waals surface area contributed by atoms with E-state index in [-0.39, 0.29) is 6.04 Å². The highest BCUT2D eigenvalue weighted by Gasteiger charge is 2.29. The lowest BCUT2D eigenvalue weighted by atomic mass is 9.94. The van der Waals surface area contributed by atoms with Gasteiger partial charge in [0.15, 0.2) is 0 Å². The molecule has 0 aromatic rings. The Balaban J connectivity index is 2.62. The summed E-state index contributed by atoms with van der Waals surface area (Å²) < 4.78 is 0. The minimum Gasteiger partial charge on any atom is -0.481 e. The topological polar surface area (TPSA) is 40.5 Å². The van der Waals surface area contributed by atoms with Gasteiger partial charge >= 0.3 is 5.97 Å². The molecule has 1 fully saturated rings. The predicted molar refractivity (Wildman–Crippen MR) is 70.2 cm³/mol. The van der Waals surface area contributed by atoms with Crippen LogP contribution in [0.4, 0.5) is 0 Å². The highest BCUT2D eigenvalue weighted by Crippen LogP contribution is 2.26. The third-order valence-electron chi connectivity index (χ3n) is 3.80. The lowest BCUT2D eigenvalue weighted by Crippen LogP contribution is -2.47. The van der Waals surface area contributed by atoms with E-state index in [1.807, 2.05) is 0 Å². The molecule has 1 atom stereocenters. The lowest BCUT2D eigenvalue weighted by molar-refractivity contribution is -0.139. The van der Waals surface area contributed by atoms with Crippen LogP contribution in [-0.2, 0) is 4.79 Å². The van der Waals surface area contributed by atoms with Crippen molar-refractivity contribution >= 4 is 5.97 Å². The molecule has 3 heteroatoms. The van der Waals surface area contributed by atoms with Crippen molar-refractivity contribution in [1.29, 1.82) is 0 Å². The van der Waals surface area contributed by atoms with Crippen LogP contribution in [0.25, 0.3) is 0 Å². The van der Waals surface area contributed by atoms with Gasteiger partial charge in [-0.3, -0.25) is 9.69 Å². The Morgan fingerprint density at radius 1 is 1.29 bits per heavy atom. The number of likely N-dealkylation sites (tertiary alicyclic amines) is 1. The zero-order chi connectivity index (χ0) is 12.7. The zero-order valence-corrected chi connectivity index (χ0v) is 11.3. The SMILES string of the molecule is CCCC(CCC)N1CCCCC1CC(=O)O. The van der Waals surface area contributed by atoms with E-state index in [2.05, 4.69) is 18.7 Å². The van der Waals surface area contributed by atoms with E-state index in [0.717, 1.165) is 13.0 Å². The average Bonchev–Trinajstić information content (AvgIpc) is 2.29. The van der Waals surface area contributed by atoms with Crippen molar-refractivity contribution in [3.63, 3.8) is 0 Å². The van der Waals surface area contributed by atoms with Crippen LogP contribution in [-0.4, -0.2) is 34.6 Å². The number of carboxylic acids is 1. The molecule has 100 valence electrons. The molecule has 3 nitrogen and oxygen atoms in total. The van der Waals surface area contributed by atoms with Crippen molar-refractivity contribution in [2.24, 2.45) is 0 Å². The van der Waals surface area contributed by atoms with Gasteiger partial charge in [-0.1, -0.05) is 33.1 Å². The molecule has 0 aromatic heterocycles. The summed E-state index contributed by atoms with van der Waals surface area (Å²) in [5.41, 5.74) is 0. The molecule has 1 N–H and O–H groups in total. The van der Waals surface area contributed by atoms with Gasteiger partial charge in [0.2, 0.25) is 0 Å². The molecule has 0 amide bonds. The van der Waals surface area contributed by atoms with Crippen molar-refractivity contribution in [3.05, 3.63) is 0 Å². The van der Waals surface area contributed by atoms with Crippen LogP contribution < -0.4 is 0 Å². The number of hydrogen-bond donors (Lipinski definition) is 1. The third kappa shape index (κ3) is 4.66. The van der Waals surface area contributed by atoms with Gasteiger partial charge in [-0.05, 0) is 32.2 Å². The molecule has 1 unspecified atom stereocenters. The van der Waals surface area contributed by atoms with Crippen LogP contribution >= 0.6 is 0 Å². The van der Waals surface area contributed by atoms with Gasteiger partial charge in [-0.25, -0.2) is 0 Å². The maximum Gasteiger partial charge on any atom is 0.304 e. The van der Waals surface area contributed by atoms with Gasteiger partial charge in [-0.15, -0.1) is 0 Å². The standard InChI is InChI=1S/C14H27NO2/c1-3-7-12(8-4-2)15-10-6-5-9-13(15)11-14(16)17/h12-13H,3-11H2,1-2H3,(H,16,17). The van der Waals surface area contributed by atoms with Gasteiger partial charge < -0.3 is 5.11 Å². The Hall–Kier alpha value is -0.570. The molecule has 0 spiro atoms. The van der Waals surface area contributed by atoms with E-state index in [4.69, 9.17) is 5.11 Å². The summed E-state index contributed by atoms with van der Waals surface area (Å²) in [6, 6.07) is 0.888. The van der Waals surface area contributed by atoms with Gasteiger partial charge in [0, 0.05) is 12.1 Å². The molecule has 0 bridgehead atoms. The number of aliphatic carboxylic acids is 1. The summed E-state index contributed by atoms with van der Waals surface area (Å²) in [6.45, 7) is 5.54. The van der Waals surface area contributed by atoms with Crippen LogP contribution in [0.5, 0.6) is 0 Å². The first kappa shape index (κ1) is 14.5. The van der Waals surface area contributed by atoms with Gasteiger partial charge in [0.1, 0.15) is 0 Å². The first-order valence-corrected chi connectivity index (χ1v) is 7.16. The monoisotopic (exact) mass is 241 g/mol. The van der Waals surface area contributed by atoms with E-state index in [9.17, 15) is 4.79 Å². The quantitative estimate of drug-likeness (QED) is 0.743. The van der Waals surface area contributed by atoms with Crippen molar-refractivity contribution in [2.75, 3.05) is 6.54 Å². The van der Waals surface area contributed by atoms with Crippen molar-refractivity contribution in [1.82, 2.24) is 4.90 Å². The molecular weight excluding hydrogens is 214 g/mol. The minimum atomic E-state index is -0.645. The summed E-state index contributed by atoms with van der Waals surface area (Å²) in [4.78, 5) is 13.4. The highest BCUT2D eigenvalue weighted by molar-refractivity contribution is 5.67. The normalized spacial score (nSPS) is 21.9. The van der Waals surface area contributed by atoms with E-state index >= 15 is 0 Å². The Bertz CT molecular complexity index is 224. The molecule has 1 heterocycles. The smallest absolute Gasteiger partial charge is 0.304 e. The average molecular weight is 241 g/mol. The van der Waals surface area contributed by atoms with Gasteiger partial charge in [0.05, 0.1) is 6.42 Å². The predicted octanol–water partition coefficient (Wildman–Crippen LogP) is 3.28. The molecular formula is C14H27NO2. The Morgan fingerprint density at radius 3 is 2.47 bits per heavy atom. The number of carbonyl (C=O) groups is 1. The van der Waals surface area contributed by atoms with E-state index in [0.29, 0.717) is 12.5 Å². The van der Waals surface area contributed by atoms with Crippen LogP contribution in [0, 0.1) is 0 Å². The van der Waals surface area contributed by atoms with Crippen LogP contribution in [0.2, 0.25) is 0 Å². The molecule has 0 aromatic carbocycles. The maximum atomic E-state index is 10.9. The second-order valence-electron chi connectivity index (χ2n) is 5.22. The number of rotatable bonds is 7. The molecule has 1 saturated heterocycles. The highest BCUT2D eigenvalue weighted by atomic mass is 16.4. The second-order valence-corrected chi connectivity index (χ2v) is 5.22. The Morgan fingerprint density at radius 2 is 1.94 bits per heavy atom. The largest absolute Gasteiger partial charge is 0.481 e. The number of carboxylic acid groups (broad SMARTS) is 1. The summed E-state index contributed by atoms with van der Waals surface area (Å²) in [5, 5.41) is 9.00. The molecule has 0 radical (unpaired) electrons. The van der Waals surface area contributed by atoms with Gasteiger partial charge in [0.25, 0.3) is 0 Å². The molecule has 0 aliphatic carbocycles. The summed E-state index contributed by atoms with van der Waals surface area (Å²) in [7, 11) is 0. The van der Waals surface area contributed by atoms with Crippen molar-refractivity contribution < 1.29 is 9.90 Å². The Kier molecular flexibility index (Phi) is 6.56. The van der Waals surface area contributed by atoms with E-state index in [1.165, 1.54) is 38.5 Å². The summed E-state index contributed by atoms with van der Waals surface area (Å²) >= 11 is 0. The Labute approximate surface area is 105 Å². The van der Waals surface area contributed by atoms with Crippen molar-refractivity contribution in [3.8, 4) is 0 Å². The minimum absolute atomic E-state index is 0.282. The second kappa shape index (κ2) is 7.70. The molecule has 1 aliphatic heterocycles. The molecule has 0 saturated carbocycles. The third-order valence-corrected chi connectivity index (χ3v) is 3.80. The van der Waals surface area contributed by atoms with Crippen LogP contribution in [0.15, 0.2) is 0 Å². The van der Waals surface area contributed by atoms with Crippen molar-refractivity contribution in [2.45, 2.75) is 77.3 Å². The number of hydrogen-bond acceptors (Lipinski definition) is 2.